The van der Waals surface area contributed by atoms with Crippen LogP contribution in [0.2, 0.25) is 0 Å². The molecule has 3 aromatic carbocycles. The molecule has 0 saturated carbocycles. The lowest BCUT2D eigenvalue weighted by Crippen LogP contribution is -2.28. The number of ether oxygens (including phenoxy) is 2. The Morgan fingerprint density at radius 3 is 2.58 bits per heavy atom. The van der Waals surface area contributed by atoms with Gasteiger partial charge in [-0.3, -0.25) is 14.2 Å². The Labute approximate surface area is 225 Å². The number of carbonyl (C=O) groups is 1. The predicted molar refractivity (Wildman–Crippen MR) is 148 cm³/mol. The Morgan fingerprint density at radius 2 is 1.82 bits per heavy atom. The van der Waals surface area contributed by atoms with Crippen LogP contribution in [0.4, 0.5) is 4.39 Å². The molecule has 0 N–H and O–H groups in total. The standard InChI is InChI=1S/C29H30FN3O4S/c1-32(16-15-20-13-14-25(36-2)26(18-20)37-3)27(34)12-7-17-38-29-31-24-11-5-4-10-23(24)28(35)33(29)22-9-6-8-21(30)19-22/h4-6,8-11,13-14,18-19H,7,12,15-17H2,1-3H3. The second-order valence-corrected chi connectivity index (χ2v) is 9.80. The lowest BCUT2D eigenvalue weighted by molar-refractivity contribution is -0.129. The average molecular weight is 536 g/mol. The van der Waals surface area contributed by atoms with E-state index in [0.717, 1.165) is 5.56 Å². The summed E-state index contributed by atoms with van der Waals surface area (Å²) in [5, 5.41) is 0.931. The van der Waals surface area contributed by atoms with E-state index >= 15 is 0 Å². The summed E-state index contributed by atoms with van der Waals surface area (Å²) in [5.41, 5.74) is 1.80. The first-order valence-corrected chi connectivity index (χ1v) is 13.2. The monoisotopic (exact) mass is 535 g/mol. The minimum atomic E-state index is -0.430. The molecule has 4 rings (SSSR count). The van der Waals surface area contributed by atoms with Crippen molar-refractivity contribution in [3.05, 3.63) is 88.5 Å². The second kappa shape index (κ2) is 12.6. The summed E-state index contributed by atoms with van der Waals surface area (Å²) in [6.45, 7) is 0.576. The third kappa shape index (κ3) is 6.34. The molecule has 7 nitrogen and oxygen atoms in total. The first-order valence-electron chi connectivity index (χ1n) is 12.3. The summed E-state index contributed by atoms with van der Waals surface area (Å²) < 4.78 is 26.0. The quantitative estimate of drug-likeness (QED) is 0.151. The summed E-state index contributed by atoms with van der Waals surface area (Å²) >= 11 is 1.38. The van der Waals surface area contributed by atoms with Crippen molar-refractivity contribution in [2.24, 2.45) is 0 Å². The molecule has 0 aliphatic rings. The zero-order valence-corrected chi connectivity index (χ0v) is 22.5. The SMILES string of the molecule is COc1ccc(CCN(C)C(=O)CCCSc2nc3ccccc3c(=O)n2-c2cccc(F)c2)cc1OC. The van der Waals surface area contributed by atoms with E-state index < -0.39 is 5.82 Å². The molecule has 0 atom stereocenters. The predicted octanol–water partition coefficient (Wildman–Crippen LogP) is 5.12. The van der Waals surface area contributed by atoms with Gasteiger partial charge in [0.2, 0.25) is 5.91 Å². The van der Waals surface area contributed by atoms with Gasteiger partial charge < -0.3 is 14.4 Å². The number of benzene rings is 3. The van der Waals surface area contributed by atoms with Crippen LogP contribution in [0, 0.1) is 5.82 Å². The van der Waals surface area contributed by atoms with Gasteiger partial charge in [0.05, 0.1) is 30.8 Å². The van der Waals surface area contributed by atoms with Gasteiger partial charge >= 0.3 is 0 Å². The first kappa shape index (κ1) is 27.2. The molecular weight excluding hydrogens is 505 g/mol. The van der Waals surface area contributed by atoms with E-state index in [1.54, 1.807) is 56.5 Å². The molecule has 198 valence electrons. The van der Waals surface area contributed by atoms with Gasteiger partial charge in [-0.2, -0.15) is 0 Å². The summed E-state index contributed by atoms with van der Waals surface area (Å²) in [5.74, 6) is 1.52. The highest BCUT2D eigenvalue weighted by molar-refractivity contribution is 7.99. The van der Waals surface area contributed by atoms with Gasteiger partial charge in [-0.15, -0.1) is 0 Å². The van der Waals surface area contributed by atoms with E-state index in [-0.39, 0.29) is 11.5 Å². The molecule has 0 aliphatic heterocycles. The average Bonchev–Trinajstić information content (AvgIpc) is 2.93. The van der Waals surface area contributed by atoms with E-state index in [9.17, 15) is 14.0 Å². The molecule has 0 spiro atoms. The minimum Gasteiger partial charge on any atom is -0.493 e. The molecule has 0 bridgehead atoms. The number of amides is 1. The van der Waals surface area contributed by atoms with Gasteiger partial charge in [-0.25, -0.2) is 9.37 Å². The highest BCUT2D eigenvalue weighted by Crippen LogP contribution is 2.28. The zero-order valence-electron chi connectivity index (χ0n) is 21.6. The summed E-state index contributed by atoms with van der Waals surface area (Å²) in [6, 6.07) is 18.7. The van der Waals surface area contributed by atoms with Crippen molar-refractivity contribution in [1.29, 1.82) is 0 Å². The molecule has 0 saturated heterocycles. The molecule has 0 aliphatic carbocycles. The fourth-order valence-electron chi connectivity index (χ4n) is 4.09. The molecule has 4 aromatic rings. The molecule has 0 unspecified atom stereocenters. The van der Waals surface area contributed by atoms with Crippen LogP contribution in [0.1, 0.15) is 18.4 Å². The van der Waals surface area contributed by atoms with Crippen LogP contribution in [0.25, 0.3) is 16.6 Å². The Kier molecular flexibility index (Phi) is 9.02. The van der Waals surface area contributed by atoms with Crippen LogP contribution in [-0.4, -0.2) is 53.9 Å². The highest BCUT2D eigenvalue weighted by Gasteiger charge is 2.15. The maximum absolute atomic E-state index is 13.9. The van der Waals surface area contributed by atoms with Crippen molar-refractivity contribution in [1.82, 2.24) is 14.5 Å². The number of hydrogen-bond donors (Lipinski definition) is 0. The number of para-hydroxylation sites is 1. The third-order valence-corrected chi connectivity index (χ3v) is 7.21. The summed E-state index contributed by atoms with van der Waals surface area (Å²) in [4.78, 5) is 32.4. The topological polar surface area (TPSA) is 73.7 Å². The Morgan fingerprint density at radius 1 is 1.03 bits per heavy atom. The molecule has 1 amide bonds. The number of aromatic nitrogens is 2. The summed E-state index contributed by atoms with van der Waals surface area (Å²) in [6.07, 6.45) is 1.67. The Bertz CT molecular complexity index is 1490. The van der Waals surface area contributed by atoms with E-state index in [4.69, 9.17) is 9.47 Å². The summed E-state index contributed by atoms with van der Waals surface area (Å²) in [7, 11) is 4.99. The van der Waals surface area contributed by atoms with Crippen molar-refractivity contribution >= 4 is 28.6 Å². The van der Waals surface area contributed by atoms with Crippen LogP contribution in [0.5, 0.6) is 11.5 Å². The minimum absolute atomic E-state index is 0.0417. The molecule has 0 radical (unpaired) electrons. The van der Waals surface area contributed by atoms with Gasteiger partial charge in [-0.05, 0) is 60.9 Å². The lowest BCUT2D eigenvalue weighted by Gasteiger charge is -2.18. The Hall–Kier alpha value is -3.85. The van der Waals surface area contributed by atoms with Crippen LogP contribution in [-0.2, 0) is 11.2 Å². The number of likely N-dealkylation sites (N-methyl/N-ethyl adjacent to an activating group) is 1. The third-order valence-electron chi connectivity index (χ3n) is 6.19. The van der Waals surface area contributed by atoms with Crippen LogP contribution in [0.3, 0.4) is 0 Å². The number of fused-ring (bicyclic) bond motifs is 1. The van der Waals surface area contributed by atoms with Crippen molar-refractivity contribution < 1.29 is 18.7 Å². The first-order chi connectivity index (χ1) is 18.4. The normalized spacial score (nSPS) is 10.9. The molecule has 0 fully saturated rings. The molecule has 1 heterocycles. The van der Waals surface area contributed by atoms with E-state index in [0.29, 0.717) is 64.8 Å². The molecule has 1 aromatic heterocycles. The molecule has 9 heteroatoms. The lowest BCUT2D eigenvalue weighted by atomic mass is 10.1. The van der Waals surface area contributed by atoms with Crippen LogP contribution < -0.4 is 15.0 Å². The number of methoxy groups -OCH3 is 2. The van der Waals surface area contributed by atoms with Gasteiger partial charge in [0.1, 0.15) is 5.82 Å². The van der Waals surface area contributed by atoms with Gasteiger partial charge in [0, 0.05) is 25.8 Å². The van der Waals surface area contributed by atoms with E-state index in [2.05, 4.69) is 4.98 Å². The fourth-order valence-corrected chi connectivity index (χ4v) is 5.04. The number of rotatable bonds is 11. The fraction of sp³-hybridized carbons (Fsp3) is 0.276. The van der Waals surface area contributed by atoms with Crippen molar-refractivity contribution in [3.8, 4) is 17.2 Å². The maximum Gasteiger partial charge on any atom is 0.266 e. The number of thioether (sulfide) groups is 1. The van der Waals surface area contributed by atoms with Gasteiger partial charge in [-0.1, -0.05) is 36.0 Å². The van der Waals surface area contributed by atoms with Crippen LogP contribution >= 0.6 is 11.8 Å². The zero-order chi connectivity index (χ0) is 27.1. The number of nitrogens with zero attached hydrogens (tertiary/aromatic N) is 3. The number of carbonyl (C=O) groups excluding carboxylic acids is 1. The van der Waals surface area contributed by atoms with Crippen molar-refractivity contribution in [2.45, 2.75) is 24.4 Å². The van der Waals surface area contributed by atoms with E-state index in [1.165, 1.54) is 28.5 Å². The van der Waals surface area contributed by atoms with Crippen LogP contribution in [0.15, 0.2) is 76.7 Å². The maximum atomic E-state index is 13.9. The Balaban J connectivity index is 1.38. The molecular formula is C29H30FN3O4S. The highest BCUT2D eigenvalue weighted by atomic mass is 32.2. The number of halogens is 1. The largest absolute Gasteiger partial charge is 0.493 e. The van der Waals surface area contributed by atoms with E-state index in [1.807, 2.05) is 24.3 Å². The second-order valence-electron chi connectivity index (χ2n) is 8.74. The van der Waals surface area contributed by atoms with Gasteiger partial charge in [0.25, 0.3) is 5.56 Å². The smallest absolute Gasteiger partial charge is 0.266 e. The number of hydrogen-bond acceptors (Lipinski definition) is 6. The van der Waals surface area contributed by atoms with Gasteiger partial charge in [0.15, 0.2) is 16.7 Å². The van der Waals surface area contributed by atoms with Crippen molar-refractivity contribution in [3.63, 3.8) is 0 Å². The molecule has 38 heavy (non-hydrogen) atoms. The van der Waals surface area contributed by atoms with Crippen molar-refractivity contribution in [2.75, 3.05) is 33.6 Å².